The van der Waals surface area contributed by atoms with Gasteiger partial charge in [-0.15, -0.1) is 0 Å². The summed E-state index contributed by atoms with van der Waals surface area (Å²) in [6, 6.07) is 17.2. The van der Waals surface area contributed by atoms with Crippen LogP contribution in [0, 0.1) is 5.92 Å². The van der Waals surface area contributed by atoms with Gasteiger partial charge >= 0.3 is 6.18 Å². The van der Waals surface area contributed by atoms with Gasteiger partial charge in [-0.25, -0.2) is 4.68 Å². The number of nitrogens with zero attached hydrogens (tertiary/aromatic N) is 3. The van der Waals surface area contributed by atoms with Gasteiger partial charge in [0.15, 0.2) is 5.69 Å². The van der Waals surface area contributed by atoms with Gasteiger partial charge in [0.05, 0.1) is 11.3 Å². The Hall–Kier alpha value is -3.95. The molecule has 2 heterocycles. The van der Waals surface area contributed by atoms with E-state index in [1.54, 1.807) is 47.4 Å². The van der Waals surface area contributed by atoms with Crippen LogP contribution in [0.3, 0.4) is 0 Å². The number of benzene rings is 2. The molecule has 1 aliphatic rings. The molecule has 7 nitrogen and oxygen atoms in total. The zero-order valence-electron chi connectivity index (χ0n) is 18.7. The predicted octanol–water partition coefficient (Wildman–Crippen LogP) is 4.02. The fourth-order valence-corrected chi connectivity index (χ4v) is 4.01. The second kappa shape index (κ2) is 10.1. The largest absolute Gasteiger partial charge is 0.435 e. The number of Topliss-reactive ketones (excluding diaryl/α,β-unsaturated/α-hetero) is 1. The first-order chi connectivity index (χ1) is 16.7. The molecule has 2 aromatic carbocycles. The lowest BCUT2D eigenvalue weighted by Gasteiger charge is -2.16. The van der Waals surface area contributed by atoms with E-state index in [0.29, 0.717) is 12.2 Å². The number of amides is 2. The summed E-state index contributed by atoms with van der Waals surface area (Å²) in [5.74, 6) is -1.60. The van der Waals surface area contributed by atoms with E-state index in [2.05, 4.69) is 10.4 Å². The number of halogens is 3. The van der Waals surface area contributed by atoms with Gasteiger partial charge < -0.3 is 10.2 Å². The Kier molecular flexibility index (Phi) is 6.99. The van der Waals surface area contributed by atoms with Gasteiger partial charge in [0, 0.05) is 43.7 Å². The van der Waals surface area contributed by atoms with Crippen molar-refractivity contribution in [3.05, 3.63) is 78.1 Å². The third-order valence-electron chi connectivity index (χ3n) is 5.78. The minimum absolute atomic E-state index is 0.0153. The number of alkyl halides is 3. The molecule has 0 aliphatic carbocycles. The van der Waals surface area contributed by atoms with Gasteiger partial charge in [-0.3, -0.25) is 14.4 Å². The number of nitrogens with one attached hydrogen (secondary N) is 1. The minimum Gasteiger partial charge on any atom is -0.352 e. The molecule has 1 aromatic heterocycles. The monoisotopic (exact) mass is 484 g/mol. The van der Waals surface area contributed by atoms with Crippen LogP contribution in [0.1, 0.15) is 35.3 Å². The first kappa shape index (κ1) is 24.2. The van der Waals surface area contributed by atoms with E-state index in [9.17, 15) is 27.6 Å². The highest BCUT2D eigenvalue weighted by molar-refractivity contribution is 6.00. The Labute approximate surface area is 199 Å². The third kappa shape index (κ3) is 5.59. The van der Waals surface area contributed by atoms with Crippen molar-refractivity contribution in [3.63, 3.8) is 0 Å². The standard InChI is InChI=1S/C25H23F3N4O3/c26-25(27,28)23-20(16-32(30-23)19-10-5-2-6-11-19)24(35)29-13-7-12-21(33)17-14-22(34)31(15-17)18-8-3-1-4-9-18/h1-6,8-11,16-17H,7,12-15H2,(H,29,35). The molecule has 1 fully saturated rings. The highest BCUT2D eigenvalue weighted by Gasteiger charge is 2.39. The van der Waals surface area contributed by atoms with Crippen molar-refractivity contribution in [2.75, 3.05) is 18.0 Å². The van der Waals surface area contributed by atoms with E-state index in [4.69, 9.17) is 0 Å². The summed E-state index contributed by atoms with van der Waals surface area (Å²) in [4.78, 5) is 39.0. The maximum atomic E-state index is 13.5. The van der Waals surface area contributed by atoms with Crippen LogP contribution in [0.4, 0.5) is 18.9 Å². The van der Waals surface area contributed by atoms with E-state index in [1.165, 1.54) is 0 Å². The predicted molar refractivity (Wildman–Crippen MR) is 122 cm³/mol. The van der Waals surface area contributed by atoms with Crippen molar-refractivity contribution < 1.29 is 27.6 Å². The number of aromatic nitrogens is 2. The minimum atomic E-state index is -4.80. The van der Waals surface area contributed by atoms with Gasteiger partial charge in [-0.2, -0.15) is 18.3 Å². The summed E-state index contributed by atoms with van der Waals surface area (Å²) < 4.78 is 41.4. The molecule has 35 heavy (non-hydrogen) atoms. The molecule has 1 N–H and O–H groups in total. The normalized spacial score (nSPS) is 15.9. The number of hydrogen-bond acceptors (Lipinski definition) is 4. The lowest BCUT2D eigenvalue weighted by atomic mass is 9.99. The number of rotatable bonds is 8. The Balaban J connectivity index is 1.32. The molecule has 1 atom stereocenters. The summed E-state index contributed by atoms with van der Waals surface area (Å²) >= 11 is 0. The maximum Gasteiger partial charge on any atom is 0.435 e. The highest BCUT2D eigenvalue weighted by Crippen LogP contribution is 2.31. The number of ketones is 1. The van der Waals surface area contributed by atoms with Crippen molar-refractivity contribution in [3.8, 4) is 5.69 Å². The molecule has 0 saturated carbocycles. The molecule has 3 aromatic rings. The first-order valence-electron chi connectivity index (χ1n) is 11.1. The van der Waals surface area contributed by atoms with E-state index >= 15 is 0 Å². The summed E-state index contributed by atoms with van der Waals surface area (Å²) in [5.41, 5.74) is -0.747. The molecule has 10 heteroatoms. The summed E-state index contributed by atoms with van der Waals surface area (Å²) in [6.45, 7) is 0.309. The van der Waals surface area contributed by atoms with Crippen LogP contribution in [-0.4, -0.2) is 40.5 Å². The van der Waals surface area contributed by atoms with Gasteiger partial charge in [-0.1, -0.05) is 36.4 Å². The summed E-state index contributed by atoms with van der Waals surface area (Å²) in [5, 5.41) is 6.00. The highest BCUT2D eigenvalue weighted by atomic mass is 19.4. The summed E-state index contributed by atoms with van der Waals surface area (Å²) in [7, 11) is 0. The number of carbonyl (C=O) groups is 3. The van der Waals surface area contributed by atoms with E-state index < -0.39 is 29.3 Å². The second-order valence-electron chi connectivity index (χ2n) is 8.24. The van der Waals surface area contributed by atoms with Gasteiger partial charge in [0.1, 0.15) is 5.78 Å². The smallest absolute Gasteiger partial charge is 0.352 e. The van der Waals surface area contributed by atoms with Crippen LogP contribution < -0.4 is 10.2 Å². The van der Waals surface area contributed by atoms with Crippen LogP contribution in [0.25, 0.3) is 5.69 Å². The molecule has 1 aliphatic heterocycles. The van der Waals surface area contributed by atoms with Crippen LogP contribution in [0.2, 0.25) is 0 Å². The molecule has 1 saturated heterocycles. The molecule has 4 rings (SSSR count). The van der Waals surface area contributed by atoms with Gasteiger partial charge in [0.2, 0.25) is 5.91 Å². The lowest BCUT2D eigenvalue weighted by Crippen LogP contribution is -2.28. The SMILES string of the molecule is O=C(NCCCC(=O)C1CC(=O)N(c2ccccc2)C1)c1cn(-c2ccccc2)nc1C(F)(F)F. The van der Waals surface area contributed by atoms with E-state index in [-0.39, 0.29) is 37.5 Å². The first-order valence-corrected chi connectivity index (χ1v) is 11.1. The molecule has 2 amide bonds. The summed E-state index contributed by atoms with van der Waals surface area (Å²) in [6.07, 6.45) is -3.29. The Morgan fingerprint density at radius 1 is 1.00 bits per heavy atom. The topological polar surface area (TPSA) is 84.3 Å². The molecule has 0 radical (unpaired) electrons. The fraction of sp³-hybridized carbons (Fsp3) is 0.280. The molecular formula is C25H23F3N4O3. The molecule has 0 spiro atoms. The average Bonchev–Trinajstić information content (AvgIpc) is 3.47. The van der Waals surface area contributed by atoms with Crippen molar-refractivity contribution in [2.45, 2.75) is 25.4 Å². The Bertz CT molecular complexity index is 1210. The van der Waals surface area contributed by atoms with E-state index in [1.807, 2.05) is 18.2 Å². The quantitative estimate of drug-likeness (QED) is 0.490. The zero-order chi connectivity index (χ0) is 25.0. The van der Waals surface area contributed by atoms with Gasteiger partial charge in [0.25, 0.3) is 5.91 Å². The Morgan fingerprint density at radius 2 is 1.63 bits per heavy atom. The van der Waals surface area contributed by atoms with Crippen molar-refractivity contribution in [1.82, 2.24) is 15.1 Å². The Morgan fingerprint density at radius 3 is 2.26 bits per heavy atom. The molecule has 1 unspecified atom stereocenters. The number of hydrogen-bond donors (Lipinski definition) is 1. The average molecular weight is 484 g/mol. The zero-order valence-corrected chi connectivity index (χ0v) is 18.7. The van der Waals surface area contributed by atoms with Crippen molar-refractivity contribution >= 4 is 23.3 Å². The number of anilines is 1. The lowest BCUT2D eigenvalue weighted by molar-refractivity contribution is -0.141. The number of para-hydroxylation sites is 2. The van der Waals surface area contributed by atoms with Crippen molar-refractivity contribution in [2.24, 2.45) is 5.92 Å². The van der Waals surface area contributed by atoms with Crippen LogP contribution >= 0.6 is 0 Å². The molecule has 0 bridgehead atoms. The van der Waals surface area contributed by atoms with Gasteiger partial charge in [-0.05, 0) is 30.7 Å². The maximum absolute atomic E-state index is 13.5. The second-order valence-corrected chi connectivity index (χ2v) is 8.24. The molecular weight excluding hydrogens is 461 g/mol. The third-order valence-corrected chi connectivity index (χ3v) is 5.78. The molecule has 182 valence electrons. The van der Waals surface area contributed by atoms with Crippen LogP contribution in [-0.2, 0) is 15.8 Å². The number of carbonyl (C=O) groups excluding carboxylic acids is 3. The van der Waals surface area contributed by atoms with Crippen molar-refractivity contribution in [1.29, 1.82) is 0 Å². The van der Waals surface area contributed by atoms with E-state index in [0.717, 1.165) is 16.6 Å². The fourth-order valence-electron chi connectivity index (χ4n) is 4.01. The van der Waals surface area contributed by atoms with Crippen LogP contribution in [0.5, 0.6) is 0 Å². The van der Waals surface area contributed by atoms with Crippen LogP contribution in [0.15, 0.2) is 66.9 Å².